The van der Waals surface area contributed by atoms with Gasteiger partial charge in [0, 0.05) is 76.6 Å². The first-order valence-corrected chi connectivity index (χ1v) is 9.46. The Kier molecular flexibility index (Phi) is 5.31. The van der Waals surface area contributed by atoms with Crippen molar-refractivity contribution in [2.24, 2.45) is 0 Å². The second-order valence-electron chi connectivity index (χ2n) is 6.86. The van der Waals surface area contributed by atoms with Crippen LogP contribution in [0.4, 0.5) is 11.6 Å². The van der Waals surface area contributed by atoms with Crippen LogP contribution in [0.5, 0.6) is 0 Å². The van der Waals surface area contributed by atoms with Crippen LogP contribution in [0.3, 0.4) is 0 Å². The molecule has 4 heterocycles. The molecule has 0 unspecified atom stereocenters. The van der Waals surface area contributed by atoms with E-state index in [4.69, 9.17) is 0 Å². The van der Waals surface area contributed by atoms with Gasteiger partial charge in [0.25, 0.3) is 5.91 Å². The number of rotatable bonds is 4. The van der Waals surface area contributed by atoms with Crippen LogP contribution in [0, 0.1) is 0 Å². The standard InChI is InChI=1S/C19H23N7O2/c27-15-23-6-8-25(9-7-23)18(28)17-14-16(2-5-20-17)24-10-12-26(13-11-24)19-21-3-1-4-22-19/h1-5,14-15H,6-13H2. The fourth-order valence-corrected chi connectivity index (χ4v) is 3.54. The van der Waals surface area contributed by atoms with Crippen LogP contribution >= 0.6 is 0 Å². The van der Waals surface area contributed by atoms with Crippen LogP contribution in [-0.4, -0.2) is 89.4 Å². The number of piperazine rings is 2. The van der Waals surface area contributed by atoms with E-state index in [0.717, 1.165) is 44.2 Å². The SMILES string of the molecule is O=CN1CCN(C(=O)c2cc(N3CCN(c4ncccn4)CC3)ccn2)CC1. The van der Waals surface area contributed by atoms with E-state index in [1.165, 1.54) is 0 Å². The maximum Gasteiger partial charge on any atom is 0.272 e. The van der Waals surface area contributed by atoms with E-state index in [1.807, 2.05) is 18.2 Å². The summed E-state index contributed by atoms with van der Waals surface area (Å²) in [4.78, 5) is 44.4. The molecule has 0 bridgehead atoms. The van der Waals surface area contributed by atoms with Gasteiger partial charge in [-0.15, -0.1) is 0 Å². The molecule has 146 valence electrons. The number of carbonyl (C=O) groups excluding carboxylic acids is 2. The average Bonchev–Trinajstić information content (AvgIpc) is 2.79. The van der Waals surface area contributed by atoms with Crippen molar-refractivity contribution in [3.05, 3.63) is 42.5 Å². The Balaban J connectivity index is 1.39. The van der Waals surface area contributed by atoms with Gasteiger partial charge < -0.3 is 19.6 Å². The van der Waals surface area contributed by atoms with Crippen LogP contribution in [0.15, 0.2) is 36.8 Å². The highest BCUT2D eigenvalue weighted by Crippen LogP contribution is 2.19. The molecule has 0 radical (unpaired) electrons. The van der Waals surface area contributed by atoms with Crippen molar-refractivity contribution in [1.82, 2.24) is 24.8 Å². The molecule has 2 aromatic heterocycles. The summed E-state index contributed by atoms with van der Waals surface area (Å²) in [5.74, 6) is 0.672. The van der Waals surface area contributed by atoms with Gasteiger partial charge in [-0.05, 0) is 18.2 Å². The summed E-state index contributed by atoms with van der Waals surface area (Å²) in [5.41, 5.74) is 1.45. The van der Waals surface area contributed by atoms with Gasteiger partial charge in [-0.3, -0.25) is 14.6 Å². The normalized spacial score (nSPS) is 17.6. The molecule has 0 N–H and O–H groups in total. The van der Waals surface area contributed by atoms with Gasteiger partial charge in [0.2, 0.25) is 12.4 Å². The molecule has 28 heavy (non-hydrogen) atoms. The second kappa shape index (κ2) is 8.20. The van der Waals surface area contributed by atoms with Gasteiger partial charge in [-0.2, -0.15) is 0 Å². The zero-order valence-electron chi connectivity index (χ0n) is 15.6. The van der Waals surface area contributed by atoms with Crippen LogP contribution in [-0.2, 0) is 4.79 Å². The Bertz CT molecular complexity index is 816. The fraction of sp³-hybridized carbons (Fsp3) is 0.421. The zero-order chi connectivity index (χ0) is 19.3. The maximum absolute atomic E-state index is 12.8. The van der Waals surface area contributed by atoms with Crippen molar-refractivity contribution >= 4 is 24.0 Å². The molecule has 2 aliphatic heterocycles. The zero-order valence-corrected chi connectivity index (χ0v) is 15.6. The monoisotopic (exact) mass is 381 g/mol. The largest absolute Gasteiger partial charge is 0.368 e. The molecule has 2 aliphatic rings. The topological polar surface area (TPSA) is 85.8 Å². The van der Waals surface area contributed by atoms with Gasteiger partial charge in [0.05, 0.1) is 0 Å². The van der Waals surface area contributed by atoms with Gasteiger partial charge in [-0.1, -0.05) is 0 Å². The van der Waals surface area contributed by atoms with Crippen molar-refractivity contribution in [2.45, 2.75) is 0 Å². The summed E-state index contributed by atoms with van der Waals surface area (Å²) < 4.78 is 0. The minimum absolute atomic E-state index is 0.0799. The van der Waals surface area contributed by atoms with E-state index in [0.29, 0.717) is 31.9 Å². The number of hydrogen-bond donors (Lipinski definition) is 0. The lowest BCUT2D eigenvalue weighted by Gasteiger charge is -2.36. The predicted octanol–water partition coefficient (Wildman–Crippen LogP) is 0.112. The second-order valence-corrected chi connectivity index (χ2v) is 6.86. The summed E-state index contributed by atoms with van der Waals surface area (Å²) in [7, 11) is 0. The molecule has 9 nitrogen and oxygen atoms in total. The summed E-state index contributed by atoms with van der Waals surface area (Å²) in [6, 6.07) is 5.62. The van der Waals surface area contributed by atoms with Crippen molar-refractivity contribution in [3.63, 3.8) is 0 Å². The lowest BCUT2D eigenvalue weighted by molar-refractivity contribution is -0.119. The number of anilines is 2. The third-order valence-electron chi connectivity index (χ3n) is 5.19. The van der Waals surface area contributed by atoms with Gasteiger partial charge in [0.1, 0.15) is 5.69 Å². The van der Waals surface area contributed by atoms with E-state index < -0.39 is 0 Å². The van der Waals surface area contributed by atoms with E-state index in [9.17, 15) is 9.59 Å². The molecule has 0 saturated carbocycles. The third-order valence-corrected chi connectivity index (χ3v) is 5.19. The number of carbonyl (C=O) groups is 2. The Hall–Kier alpha value is -3.23. The lowest BCUT2D eigenvalue weighted by Crippen LogP contribution is -2.48. The molecule has 2 saturated heterocycles. The smallest absolute Gasteiger partial charge is 0.272 e. The minimum atomic E-state index is -0.0799. The Morgan fingerprint density at radius 1 is 0.857 bits per heavy atom. The molecular formula is C19H23N7O2. The average molecular weight is 381 g/mol. The summed E-state index contributed by atoms with van der Waals surface area (Å²) >= 11 is 0. The van der Waals surface area contributed by atoms with E-state index in [1.54, 1.807) is 28.4 Å². The Morgan fingerprint density at radius 2 is 1.54 bits per heavy atom. The molecular weight excluding hydrogens is 358 g/mol. The first-order chi connectivity index (χ1) is 13.7. The molecule has 2 fully saturated rings. The fourth-order valence-electron chi connectivity index (χ4n) is 3.54. The molecule has 0 aromatic carbocycles. The van der Waals surface area contributed by atoms with E-state index in [-0.39, 0.29) is 5.91 Å². The highest BCUT2D eigenvalue weighted by Gasteiger charge is 2.24. The number of aromatic nitrogens is 3. The molecule has 4 rings (SSSR count). The molecule has 2 amide bonds. The molecule has 9 heteroatoms. The highest BCUT2D eigenvalue weighted by atomic mass is 16.2. The number of pyridine rings is 1. The summed E-state index contributed by atoms with van der Waals surface area (Å²) in [5, 5.41) is 0. The molecule has 0 spiro atoms. The summed E-state index contributed by atoms with van der Waals surface area (Å²) in [6.07, 6.45) is 6.03. The van der Waals surface area contributed by atoms with Gasteiger partial charge >= 0.3 is 0 Å². The lowest BCUT2D eigenvalue weighted by atomic mass is 10.2. The van der Waals surface area contributed by atoms with Gasteiger partial charge in [0.15, 0.2) is 0 Å². The third kappa shape index (κ3) is 3.88. The maximum atomic E-state index is 12.8. The number of hydrogen-bond acceptors (Lipinski definition) is 7. The highest BCUT2D eigenvalue weighted by molar-refractivity contribution is 5.93. The van der Waals surface area contributed by atoms with Crippen molar-refractivity contribution in [3.8, 4) is 0 Å². The number of amides is 2. The molecule has 2 aromatic rings. The van der Waals surface area contributed by atoms with Gasteiger partial charge in [-0.25, -0.2) is 9.97 Å². The van der Waals surface area contributed by atoms with Crippen molar-refractivity contribution < 1.29 is 9.59 Å². The molecule has 0 atom stereocenters. The Labute approximate surface area is 163 Å². The first-order valence-electron chi connectivity index (χ1n) is 9.46. The minimum Gasteiger partial charge on any atom is -0.368 e. The van der Waals surface area contributed by atoms with E-state index in [2.05, 4.69) is 24.8 Å². The van der Waals surface area contributed by atoms with Crippen LogP contribution in [0.1, 0.15) is 10.5 Å². The van der Waals surface area contributed by atoms with Crippen LogP contribution < -0.4 is 9.80 Å². The predicted molar refractivity (Wildman–Crippen MR) is 104 cm³/mol. The van der Waals surface area contributed by atoms with Crippen molar-refractivity contribution in [2.75, 3.05) is 62.2 Å². The first kappa shape index (κ1) is 18.1. The van der Waals surface area contributed by atoms with Crippen LogP contribution in [0.25, 0.3) is 0 Å². The molecule has 0 aliphatic carbocycles. The Morgan fingerprint density at radius 3 is 2.21 bits per heavy atom. The number of nitrogens with zero attached hydrogens (tertiary/aromatic N) is 7. The summed E-state index contributed by atoms with van der Waals surface area (Å²) in [6.45, 7) is 5.52. The van der Waals surface area contributed by atoms with Crippen LogP contribution in [0.2, 0.25) is 0 Å². The van der Waals surface area contributed by atoms with E-state index >= 15 is 0 Å². The quantitative estimate of drug-likeness (QED) is 0.695. The van der Waals surface area contributed by atoms with Crippen molar-refractivity contribution in [1.29, 1.82) is 0 Å².